The summed E-state index contributed by atoms with van der Waals surface area (Å²) in [6, 6.07) is 10.3. The van der Waals surface area contributed by atoms with Crippen molar-refractivity contribution in [2.75, 3.05) is 33.8 Å². The fraction of sp³-hybridized carbons (Fsp3) is 0.471. The van der Waals surface area contributed by atoms with E-state index >= 15 is 0 Å². The van der Waals surface area contributed by atoms with Gasteiger partial charge < -0.3 is 14.2 Å². The lowest BCUT2D eigenvalue weighted by Gasteiger charge is -2.40. The number of morpholine rings is 1. The SMILES string of the molecule is Cc1nc(C(=O)N(C)C[C@@H]2OCCN(C)[C@H]2c2ccccc2)no1. The molecule has 128 valence electrons. The molecule has 0 unspecified atom stereocenters. The van der Waals surface area contributed by atoms with Crippen LogP contribution in [0.15, 0.2) is 34.9 Å². The molecule has 0 bridgehead atoms. The van der Waals surface area contributed by atoms with Crippen LogP contribution in [0.4, 0.5) is 0 Å². The summed E-state index contributed by atoms with van der Waals surface area (Å²) in [4.78, 5) is 20.3. The average molecular weight is 330 g/mol. The van der Waals surface area contributed by atoms with E-state index in [0.717, 1.165) is 6.54 Å². The summed E-state index contributed by atoms with van der Waals surface area (Å²) in [5.41, 5.74) is 1.18. The van der Waals surface area contributed by atoms with Gasteiger partial charge in [-0.05, 0) is 12.6 Å². The van der Waals surface area contributed by atoms with E-state index in [1.807, 2.05) is 18.2 Å². The second kappa shape index (κ2) is 7.11. The fourth-order valence-electron chi connectivity index (χ4n) is 3.04. The van der Waals surface area contributed by atoms with Gasteiger partial charge in [0, 0.05) is 27.1 Å². The van der Waals surface area contributed by atoms with Crippen LogP contribution >= 0.6 is 0 Å². The van der Waals surface area contributed by atoms with Gasteiger partial charge >= 0.3 is 0 Å². The van der Waals surface area contributed by atoms with Crippen molar-refractivity contribution in [2.24, 2.45) is 0 Å². The lowest BCUT2D eigenvalue weighted by molar-refractivity contribution is -0.0708. The van der Waals surface area contributed by atoms with Crippen LogP contribution in [-0.4, -0.2) is 65.7 Å². The quantitative estimate of drug-likeness (QED) is 0.846. The number of nitrogens with zero attached hydrogens (tertiary/aromatic N) is 4. The number of carbonyl (C=O) groups excluding carboxylic acids is 1. The summed E-state index contributed by atoms with van der Waals surface area (Å²) in [6.45, 7) is 3.62. The van der Waals surface area contributed by atoms with Gasteiger partial charge in [-0.2, -0.15) is 4.98 Å². The first kappa shape index (κ1) is 16.6. The van der Waals surface area contributed by atoms with E-state index in [0.29, 0.717) is 19.0 Å². The van der Waals surface area contributed by atoms with E-state index in [1.54, 1.807) is 18.9 Å². The molecule has 0 saturated carbocycles. The smallest absolute Gasteiger partial charge is 0.295 e. The maximum atomic E-state index is 12.4. The van der Waals surface area contributed by atoms with Crippen molar-refractivity contribution in [3.05, 3.63) is 47.6 Å². The van der Waals surface area contributed by atoms with Crippen molar-refractivity contribution < 1.29 is 14.1 Å². The highest BCUT2D eigenvalue weighted by Gasteiger charge is 2.33. The Morgan fingerprint density at radius 3 is 2.79 bits per heavy atom. The maximum Gasteiger partial charge on any atom is 0.295 e. The first-order chi connectivity index (χ1) is 11.6. The largest absolute Gasteiger partial charge is 0.373 e. The Hall–Kier alpha value is -2.25. The predicted molar refractivity (Wildman–Crippen MR) is 87.5 cm³/mol. The van der Waals surface area contributed by atoms with Crippen LogP contribution in [0.3, 0.4) is 0 Å². The molecule has 0 spiro atoms. The van der Waals surface area contributed by atoms with E-state index in [1.165, 1.54) is 5.56 Å². The minimum absolute atomic E-state index is 0.0791. The van der Waals surface area contributed by atoms with E-state index in [9.17, 15) is 4.79 Å². The molecule has 2 atom stereocenters. The topological polar surface area (TPSA) is 71.7 Å². The summed E-state index contributed by atoms with van der Waals surface area (Å²) in [5.74, 6) is 0.188. The molecule has 3 rings (SSSR count). The highest BCUT2D eigenvalue weighted by atomic mass is 16.5. The Bertz CT molecular complexity index is 688. The molecular formula is C17H22N4O3. The van der Waals surface area contributed by atoms with Gasteiger partial charge in [-0.3, -0.25) is 9.69 Å². The zero-order valence-corrected chi connectivity index (χ0v) is 14.2. The molecule has 24 heavy (non-hydrogen) atoms. The van der Waals surface area contributed by atoms with Gasteiger partial charge in [-0.25, -0.2) is 0 Å². The highest BCUT2D eigenvalue weighted by Crippen LogP contribution is 2.28. The lowest BCUT2D eigenvalue weighted by Crippen LogP contribution is -2.48. The van der Waals surface area contributed by atoms with Crippen LogP contribution in [-0.2, 0) is 4.74 Å². The molecule has 7 nitrogen and oxygen atoms in total. The third kappa shape index (κ3) is 3.47. The average Bonchev–Trinajstić information content (AvgIpc) is 3.01. The Kier molecular flexibility index (Phi) is 4.92. The summed E-state index contributed by atoms with van der Waals surface area (Å²) < 4.78 is 10.9. The van der Waals surface area contributed by atoms with Crippen LogP contribution in [0.2, 0.25) is 0 Å². The maximum absolute atomic E-state index is 12.4. The second-order valence-electron chi connectivity index (χ2n) is 6.07. The van der Waals surface area contributed by atoms with Crippen LogP contribution in [0.1, 0.15) is 28.1 Å². The van der Waals surface area contributed by atoms with E-state index < -0.39 is 0 Å². The minimum Gasteiger partial charge on any atom is -0.373 e. The van der Waals surface area contributed by atoms with Crippen molar-refractivity contribution in [1.82, 2.24) is 19.9 Å². The number of hydrogen-bond donors (Lipinski definition) is 0. The van der Waals surface area contributed by atoms with Gasteiger partial charge in [0.25, 0.3) is 11.7 Å². The van der Waals surface area contributed by atoms with Crippen LogP contribution < -0.4 is 0 Å². The predicted octanol–water partition coefficient (Wildman–Crippen LogP) is 1.52. The molecule has 1 amide bonds. The molecule has 1 aromatic carbocycles. The van der Waals surface area contributed by atoms with Gasteiger partial charge in [0.2, 0.25) is 5.89 Å². The molecule has 0 radical (unpaired) electrons. The van der Waals surface area contributed by atoms with Crippen LogP contribution in [0.5, 0.6) is 0 Å². The zero-order chi connectivity index (χ0) is 17.1. The minimum atomic E-state index is -0.268. The number of ether oxygens (including phenoxy) is 1. The number of likely N-dealkylation sites (N-methyl/N-ethyl adjacent to an activating group) is 2. The summed E-state index contributed by atoms with van der Waals surface area (Å²) in [7, 11) is 3.81. The highest BCUT2D eigenvalue weighted by molar-refractivity contribution is 5.90. The fourth-order valence-corrected chi connectivity index (χ4v) is 3.04. The van der Waals surface area contributed by atoms with Gasteiger partial charge in [-0.15, -0.1) is 0 Å². The van der Waals surface area contributed by atoms with Crippen LogP contribution in [0.25, 0.3) is 0 Å². The molecule has 1 aliphatic heterocycles. The standard InChI is InChI=1S/C17H22N4O3/c1-12-18-16(19-24-12)17(22)21(3)11-14-15(20(2)9-10-23-14)13-7-5-4-6-8-13/h4-8,14-15H,9-11H2,1-3H3/t14-,15-/m0/s1. The summed E-state index contributed by atoms with van der Waals surface area (Å²) in [6.07, 6.45) is -0.118. The van der Waals surface area contributed by atoms with Crippen molar-refractivity contribution >= 4 is 5.91 Å². The van der Waals surface area contributed by atoms with Crippen molar-refractivity contribution in [3.63, 3.8) is 0 Å². The molecule has 1 saturated heterocycles. The molecular weight excluding hydrogens is 308 g/mol. The number of carbonyl (C=O) groups is 1. The van der Waals surface area contributed by atoms with Crippen molar-refractivity contribution in [1.29, 1.82) is 0 Å². The Morgan fingerprint density at radius 2 is 2.12 bits per heavy atom. The zero-order valence-electron chi connectivity index (χ0n) is 14.2. The lowest BCUT2D eigenvalue weighted by atomic mass is 9.98. The van der Waals surface area contributed by atoms with E-state index in [4.69, 9.17) is 9.26 Å². The number of aryl methyl sites for hydroxylation is 1. The van der Waals surface area contributed by atoms with E-state index in [2.05, 4.69) is 34.2 Å². The first-order valence-corrected chi connectivity index (χ1v) is 7.99. The Morgan fingerprint density at radius 1 is 1.38 bits per heavy atom. The van der Waals surface area contributed by atoms with Gasteiger partial charge in [0.15, 0.2) is 0 Å². The molecule has 1 fully saturated rings. The van der Waals surface area contributed by atoms with Crippen molar-refractivity contribution in [2.45, 2.75) is 19.1 Å². The normalized spacial score (nSPS) is 21.6. The van der Waals surface area contributed by atoms with Crippen molar-refractivity contribution in [3.8, 4) is 0 Å². The third-order valence-corrected chi connectivity index (χ3v) is 4.26. The first-order valence-electron chi connectivity index (χ1n) is 7.99. The molecule has 0 aliphatic carbocycles. The number of benzene rings is 1. The molecule has 1 aromatic heterocycles. The number of aromatic nitrogens is 2. The van der Waals surface area contributed by atoms with E-state index in [-0.39, 0.29) is 23.9 Å². The number of amides is 1. The van der Waals surface area contributed by atoms with Gasteiger partial charge in [-0.1, -0.05) is 35.5 Å². The number of rotatable bonds is 4. The summed E-state index contributed by atoms with van der Waals surface area (Å²) in [5, 5.41) is 3.69. The second-order valence-corrected chi connectivity index (χ2v) is 6.07. The molecule has 2 aromatic rings. The van der Waals surface area contributed by atoms with Crippen LogP contribution in [0, 0.1) is 6.92 Å². The summed E-state index contributed by atoms with van der Waals surface area (Å²) >= 11 is 0. The molecule has 0 N–H and O–H groups in total. The van der Waals surface area contributed by atoms with Gasteiger partial charge in [0.05, 0.1) is 18.8 Å². The Labute approximate surface area is 141 Å². The molecule has 1 aliphatic rings. The third-order valence-electron chi connectivity index (χ3n) is 4.26. The monoisotopic (exact) mass is 330 g/mol. The number of hydrogen-bond acceptors (Lipinski definition) is 6. The Balaban J connectivity index is 1.75. The molecule has 7 heteroatoms. The molecule has 2 heterocycles. The van der Waals surface area contributed by atoms with Gasteiger partial charge in [0.1, 0.15) is 0 Å².